The van der Waals surface area contributed by atoms with Crippen molar-refractivity contribution < 1.29 is 23.8 Å². The van der Waals surface area contributed by atoms with Crippen molar-refractivity contribution in [1.29, 1.82) is 0 Å². The summed E-state index contributed by atoms with van der Waals surface area (Å²) in [5.41, 5.74) is 3.71. The van der Waals surface area contributed by atoms with Gasteiger partial charge in [-0.2, -0.15) is 0 Å². The Kier molecular flexibility index (Phi) is 9.36. The van der Waals surface area contributed by atoms with Gasteiger partial charge in [0, 0.05) is 24.6 Å². The van der Waals surface area contributed by atoms with Crippen molar-refractivity contribution in [2.45, 2.75) is 63.8 Å². The van der Waals surface area contributed by atoms with Crippen molar-refractivity contribution >= 4 is 30.3 Å². The van der Waals surface area contributed by atoms with E-state index in [2.05, 4.69) is 91.9 Å². The van der Waals surface area contributed by atoms with E-state index in [9.17, 15) is 9.90 Å². The van der Waals surface area contributed by atoms with Crippen LogP contribution in [0.5, 0.6) is 0 Å². The van der Waals surface area contributed by atoms with Crippen molar-refractivity contribution in [3.63, 3.8) is 0 Å². The molecule has 6 aromatic rings. The molecule has 0 spiro atoms. The number of benzene rings is 3. The minimum atomic E-state index is -2.86. The summed E-state index contributed by atoms with van der Waals surface area (Å²) in [7, 11) is -2.86. The molecule has 8 rings (SSSR count). The molecule has 0 radical (unpaired) electrons. The molecule has 53 heavy (non-hydrogen) atoms. The fourth-order valence-corrected chi connectivity index (χ4v) is 12.2. The van der Waals surface area contributed by atoms with Crippen molar-refractivity contribution in [1.82, 2.24) is 24.4 Å². The molecule has 3 aromatic carbocycles. The number of imidazole rings is 1. The van der Waals surface area contributed by atoms with E-state index in [0.29, 0.717) is 37.9 Å². The maximum absolute atomic E-state index is 12.7. The average molecular weight is 728 g/mol. The molecule has 10 nitrogen and oxygen atoms in total. The average Bonchev–Trinajstić information content (AvgIpc) is 3.77. The molecule has 1 unspecified atom stereocenters. The molecule has 3 aromatic heterocycles. The van der Waals surface area contributed by atoms with Crippen LogP contribution < -0.4 is 10.4 Å². The Morgan fingerprint density at radius 1 is 0.943 bits per heavy atom. The highest BCUT2D eigenvalue weighted by Gasteiger charge is 2.54. The van der Waals surface area contributed by atoms with Crippen LogP contribution in [0.4, 0.5) is 0 Å². The summed E-state index contributed by atoms with van der Waals surface area (Å²) in [4.78, 5) is 17.7. The van der Waals surface area contributed by atoms with Crippen molar-refractivity contribution in [2.75, 3.05) is 19.8 Å². The summed E-state index contributed by atoms with van der Waals surface area (Å²) in [6, 6.07) is 32.8. The lowest BCUT2D eigenvalue weighted by atomic mass is 9.77. The highest BCUT2D eigenvalue weighted by atomic mass is 28.4. The Morgan fingerprint density at radius 2 is 1.58 bits per heavy atom. The van der Waals surface area contributed by atoms with Gasteiger partial charge in [-0.15, -0.1) is 5.10 Å². The third kappa shape index (κ3) is 6.85. The summed E-state index contributed by atoms with van der Waals surface area (Å²) in [6.07, 6.45) is 7.02. The van der Waals surface area contributed by atoms with Crippen LogP contribution in [0.1, 0.15) is 78.5 Å². The predicted molar refractivity (Wildman–Crippen MR) is 204 cm³/mol. The van der Waals surface area contributed by atoms with Gasteiger partial charge in [0.2, 0.25) is 0 Å². The highest BCUT2D eigenvalue weighted by molar-refractivity contribution is 6.99. The number of rotatable bonds is 13. The Hall–Kier alpha value is -4.94. The lowest BCUT2D eigenvalue weighted by Gasteiger charge is -2.49. The molecular formula is C42H45N5O5Si. The molecule has 1 saturated heterocycles. The van der Waals surface area contributed by atoms with Crippen LogP contribution >= 0.6 is 0 Å². The van der Waals surface area contributed by atoms with Gasteiger partial charge in [0.15, 0.2) is 5.69 Å². The summed E-state index contributed by atoms with van der Waals surface area (Å²) < 4.78 is 22.3. The molecule has 11 heteroatoms. The Balaban J connectivity index is 1.08. The number of ether oxygens (including phenoxy) is 2. The van der Waals surface area contributed by atoms with Gasteiger partial charge in [-0.25, -0.2) is 14.5 Å². The Labute approximate surface area is 310 Å². The molecule has 1 aliphatic carbocycles. The van der Waals surface area contributed by atoms with Gasteiger partial charge in [-0.05, 0) is 51.4 Å². The first-order chi connectivity index (χ1) is 25.6. The van der Waals surface area contributed by atoms with Crippen LogP contribution in [-0.4, -0.2) is 63.6 Å². The SMILES string of the molecule is CC(C)(C)[Si](OCC1(C(O)c2cc(C3CC3)cn3cc(Cn4cc(C(=O)OCc5ccccc5)nn4)nc23)COC1)(c1ccccc1)c1ccccc1. The molecule has 1 saturated carbocycles. The Bertz CT molecular complexity index is 2150. The van der Waals surface area contributed by atoms with E-state index in [0.717, 1.165) is 29.7 Å². The number of fused-ring (bicyclic) bond motifs is 1. The number of aliphatic hydroxyl groups is 1. The molecule has 0 amide bonds. The van der Waals surface area contributed by atoms with E-state index in [1.807, 2.05) is 53.1 Å². The first-order valence-electron chi connectivity index (χ1n) is 18.3. The number of esters is 1. The first-order valence-corrected chi connectivity index (χ1v) is 20.2. The number of aromatic nitrogens is 5. The lowest BCUT2D eigenvalue weighted by molar-refractivity contribution is -0.190. The zero-order chi connectivity index (χ0) is 36.6. The number of hydrogen-bond donors (Lipinski definition) is 1. The fourth-order valence-electron chi connectivity index (χ4n) is 7.58. The third-order valence-electron chi connectivity index (χ3n) is 10.6. The smallest absolute Gasteiger partial charge is 0.360 e. The molecular weight excluding hydrogens is 683 g/mol. The van der Waals surface area contributed by atoms with Gasteiger partial charge in [0.05, 0.1) is 43.2 Å². The third-order valence-corrected chi connectivity index (χ3v) is 15.6. The molecule has 0 bridgehead atoms. The largest absolute Gasteiger partial charge is 0.456 e. The zero-order valence-electron chi connectivity index (χ0n) is 30.4. The van der Waals surface area contributed by atoms with E-state index in [1.54, 1.807) is 10.9 Å². The van der Waals surface area contributed by atoms with Crippen LogP contribution in [0.3, 0.4) is 0 Å². The second-order valence-corrected chi connectivity index (χ2v) is 19.8. The molecule has 1 aliphatic heterocycles. The van der Waals surface area contributed by atoms with Crippen LogP contribution in [0.25, 0.3) is 5.65 Å². The van der Waals surface area contributed by atoms with Crippen LogP contribution in [0.2, 0.25) is 5.04 Å². The number of aliphatic hydroxyl groups excluding tert-OH is 1. The number of carbonyl (C=O) groups is 1. The van der Waals surface area contributed by atoms with Gasteiger partial charge >= 0.3 is 5.97 Å². The van der Waals surface area contributed by atoms with E-state index >= 15 is 0 Å². The summed E-state index contributed by atoms with van der Waals surface area (Å²) in [5, 5.41) is 22.9. The molecule has 4 heterocycles. The summed E-state index contributed by atoms with van der Waals surface area (Å²) >= 11 is 0. The van der Waals surface area contributed by atoms with E-state index in [1.165, 1.54) is 15.9 Å². The van der Waals surface area contributed by atoms with Gasteiger partial charge in [0.1, 0.15) is 12.3 Å². The monoisotopic (exact) mass is 727 g/mol. The molecule has 272 valence electrons. The fraction of sp³-hybridized carbons (Fsp3) is 0.333. The van der Waals surface area contributed by atoms with Crippen LogP contribution in [-0.2, 0) is 27.1 Å². The van der Waals surface area contributed by atoms with E-state index in [4.69, 9.17) is 18.9 Å². The normalized spacial score (nSPS) is 16.3. The van der Waals surface area contributed by atoms with Gasteiger partial charge in [-0.3, -0.25) is 0 Å². The summed E-state index contributed by atoms with van der Waals surface area (Å²) in [5.74, 6) is -0.0826. The van der Waals surface area contributed by atoms with Gasteiger partial charge in [0.25, 0.3) is 8.32 Å². The quantitative estimate of drug-likeness (QED) is 0.117. The van der Waals surface area contributed by atoms with Crippen molar-refractivity contribution in [3.8, 4) is 0 Å². The topological polar surface area (TPSA) is 113 Å². The second kappa shape index (κ2) is 14.1. The predicted octanol–water partition coefficient (Wildman–Crippen LogP) is 5.84. The molecule has 2 fully saturated rings. The van der Waals surface area contributed by atoms with Gasteiger partial charge < -0.3 is 23.4 Å². The van der Waals surface area contributed by atoms with Crippen LogP contribution in [0, 0.1) is 5.41 Å². The number of carbonyl (C=O) groups excluding carboxylic acids is 1. The highest BCUT2D eigenvalue weighted by Crippen LogP contribution is 2.47. The number of pyridine rings is 1. The number of nitrogens with zero attached hydrogens (tertiary/aromatic N) is 5. The van der Waals surface area contributed by atoms with E-state index in [-0.39, 0.29) is 17.3 Å². The minimum Gasteiger partial charge on any atom is -0.456 e. The maximum Gasteiger partial charge on any atom is 0.360 e. The number of hydrogen-bond acceptors (Lipinski definition) is 8. The van der Waals surface area contributed by atoms with Crippen molar-refractivity contribution in [3.05, 3.63) is 144 Å². The van der Waals surface area contributed by atoms with Crippen LogP contribution in [0.15, 0.2) is 116 Å². The standard InChI is InChI=1S/C42H45N5O5Si/c1-41(2,3)53(34-15-9-5-10-16-34,35-17-11-6-12-18-35)52-29-42(27-50-28-42)38(48)36-21-32(31-19-20-31)22-46-23-33(43-39(36)46)24-47-25-37(44-45-47)40(49)51-26-30-13-7-4-8-14-30/h4-18,21-23,25,31,38,48H,19-20,24,26-29H2,1-3H3. The molecule has 2 aliphatic rings. The Morgan fingerprint density at radius 3 is 2.17 bits per heavy atom. The maximum atomic E-state index is 12.7. The lowest BCUT2D eigenvalue weighted by Crippen LogP contribution is -2.68. The first kappa shape index (κ1) is 35.1. The molecule has 1 atom stereocenters. The van der Waals surface area contributed by atoms with Gasteiger partial charge in [-0.1, -0.05) is 117 Å². The summed E-state index contributed by atoms with van der Waals surface area (Å²) in [6.45, 7) is 8.32. The van der Waals surface area contributed by atoms with Crippen molar-refractivity contribution in [2.24, 2.45) is 5.41 Å². The minimum absolute atomic E-state index is 0.129. The molecule has 1 N–H and O–H groups in total. The van der Waals surface area contributed by atoms with E-state index < -0.39 is 25.8 Å². The second-order valence-electron chi connectivity index (χ2n) is 15.5. The zero-order valence-corrected chi connectivity index (χ0v) is 31.4.